The molecule has 3 aromatic rings. The highest BCUT2D eigenvalue weighted by Gasteiger charge is 2.15. The second kappa shape index (κ2) is 5.88. The van der Waals surface area contributed by atoms with E-state index in [-0.39, 0.29) is 12.2 Å². The molecule has 0 aliphatic carbocycles. The summed E-state index contributed by atoms with van der Waals surface area (Å²) in [6.07, 6.45) is 1.51. The second-order valence-electron chi connectivity index (χ2n) is 5.07. The lowest BCUT2D eigenvalue weighted by atomic mass is 10.3. The van der Waals surface area contributed by atoms with Crippen molar-refractivity contribution < 1.29 is 15.0 Å². The maximum absolute atomic E-state index is 11.0. The summed E-state index contributed by atoms with van der Waals surface area (Å²) in [5.41, 5.74) is 2.24. The number of carboxylic acids is 1. The first-order valence-electron chi connectivity index (χ1n) is 6.93. The number of hydrogen-bond donors (Lipinski definition) is 2. The Morgan fingerprint density at radius 1 is 1.26 bits per heavy atom. The highest BCUT2D eigenvalue weighted by Crippen LogP contribution is 2.29. The molecule has 0 spiro atoms. The monoisotopic (exact) mass is 310 g/mol. The van der Waals surface area contributed by atoms with Gasteiger partial charge in [-0.05, 0) is 36.8 Å². The van der Waals surface area contributed by atoms with Crippen LogP contribution in [0.25, 0.3) is 5.65 Å². The van der Waals surface area contributed by atoms with Crippen molar-refractivity contribution in [2.75, 3.05) is 0 Å². The van der Waals surface area contributed by atoms with Gasteiger partial charge in [0.1, 0.15) is 17.1 Å². The maximum atomic E-state index is 11.0. The summed E-state index contributed by atoms with van der Waals surface area (Å²) in [7, 11) is 0. The van der Waals surface area contributed by atoms with Crippen LogP contribution in [0.1, 0.15) is 11.3 Å². The van der Waals surface area contributed by atoms with Gasteiger partial charge in [-0.1, -0.05) is 12.1 Å². The molecule has 2 N–H and O–H groups in total. The lowest BCUT2D eigenvalue weighted by Crippen LogP contribution is -2.00. The van der Waals surface area contributed by atoms with Crippen molar-refractivity contribution in [3.8, 4) is 5.75 Å². The fourth-order valence-electron chi connectivity index (χ4n) is 2.20. The van der Waals surface area contributed by atoms with Crippen LogP contribution < -0.4 is 0 Å². The number of imidazole rings is 1. The smallest absolute Gasteiger partial charge is 0.309 e. The molecule has 7 heteroatoms. The molecule has 1 aromatic carbocycles. The van der Waals surface area contributed by atoms with Crippen molar-refractivity contribution in [1.29, 1.82) is 0 Å². The topological polar surface area (TPSA) is 99.6 Å². The molecule has 0 unspecified atom stereocenters. The molecule has 0 bridgehead atoms. The Kier molecular flexibility index (Phi) is 3.76. The molecular formula is C16H14N4O3. The van der Waals surface area contributed by atoms with E-state index in [1.807, 2.05) is 19.1 Å². The third-order valence-electron chi connectivity index (χ3n) is 3.28. The fraction of sp³-hybridized carbons (Fsp3) is 0.125. The van der Waals surface area contributed by atoms with E-state index >= 15 is 0 Å². The molecule has 0 saturated carbocycles. The number of benzene rings is 1. The van der Waals surface area contributed by atoms with Crippen molar-refractivity contribution >= 4 is 23.1 Å². The summed E-state index contributed by atoms with van der Waals surface area (Å²) in [6, 6.07) is 10.2. The zero-order valence-electron chi connectivity index (χ0n) is 12.3. The van der Waals surface area contributed by atoms with Gasteiger partial charge in [-0.25, -0.2) is 4.98 Å². The van der Waals surface area contributed by atoms with Crippen molar-refractivity contribution in [3.63, 3.8) is 0 Å². The second-order valence-corrected chi connectivity index (χ2v) is 5.07. The highest BCUT2D eigenvalue weighted by molar-refractivity contribution is 5.72. The van der Waals surface area contributed by atoms with Crippen molar-refractivity contribution in [2.24, 2.45) is 10.2 Å². The molecule has 2 aromatic heterocycles. The van der Waals surface area contributed by atoms with E-state index in [4.69, 9.17) is 5.11 Å². The zero-order chi connectivity index (χ0) is 16.4. The minimum absolute atomic E-state index is 0.000648. The summed E-state index contributed by atoms with van der Waals surface area (Å²) in [5, 5.41) is 26.9. The Morgan fingerprint density at radius 2 is 2.04 bits per heavy atom. The van der Waals surface area contributed by atoms with Crippen LogP contribution in [0.5, 0.6) is 5.75 Å². The summed E-state index contributed by atoms with van der Waals surface area (Å²) in [6.45, 7) is 1.93. The first-order chi connectivity index (χ1) is 11.0. The van der Waals surface area contributed by atoms with Gasteiger partial charge in [0.2, 0.25) is 0 Å². The third kappa shape index (κ3) is 3.03. The summed E-state index contributed by atoms with van der Waals surface area (Å²) in [4.78, 5) is 15.3. The van der Waals surface area contributed by atoms with Crippen molar-refractivity contribution in [3.05, 3.63) is 53.9 Å². The molecule has 0 radical (unpaired) electrons. The molecule has 7 nitrogen and oxygen atoms in total. The van der Waals surface area contributed by atoms with Crippen LogP contribution in [0.4, 0.5) is 11.5 Å². The average molecular weight is 310 g/mol. The number of carboxylic acid groups (broad SMARTS) is 1. The van der Waals surface area contributed by atoms with Crippen LogP contribution in [0.3, 0.4) is 0 Å². The summed E-state index contributed by atoms with van der Waals surface area (Å²) >= 11 is 0. The Balaban J connectivity index is 2.10. The lowest BCUT2D eigenvalue weighted by Gasteiger charge is -1.99. The quantitative estimate of drug-likeness (QED) is 0.721. The van der Waals surface area contributed by atoms with Gasteiger partial charge in [0.05, 0.1) is 12.1 Å². The third-order valence-corrected chi connectivity index (χ3v) is 3.28. The van der Waals surface area contributed by atoms with E-state index in [0.29, 0.717) is 22.8 Å². The van der Waals surface area contributed by atoms with E-state index in [1.165, 1.54) is 6.07 Å². The van der Waals surface area contributed by atoms with Gasteiger partial charge in [-0.15, -0.1) is 10.2 Å². The number of para-hydroxylation sites is 1. The maximum Gasteiger partial charge on any atom is 0.309 e. The van der Waals surface area contributed by atoms with E-state index < -0.39 is 5.97 Å². The van der Waals surface area contributed by atoms with Gasteiger partial charge in [-0.3, -0.25) is 9.20 Å². The van der Waals surface area contributed by atoms with Gasteiger partial charge in [-0.2, -0.15) is 0 Å². The number of aliphatic carboxylic acids is 1. The van der Waals surface area contributed by atoms with Gasteiger partial charge < -0.3 is 10.2 Å². The standard InChI is InChI=1S/C16H14N4O3/c1-10-6-7-20-14(8-10)17-12(9-15(22)23)16(20)19-18-11-4-2-3-5-13(11)21/h2-8,21H,9H2,1H3,(H,22,23). The molecule has 0 aliphatic rings. The van der Waals surface area contributed by atoms with Gasteiger partial charge in [0.25, 0.3) is 0 Å². The SMILES string of the molecule is Cc1ccn2c(N=Nc3ccccc3O)c(CC(=O)O)nc2c1. The van der Waals surface area contributed by atoms with Crippen LogP contribution in [-0.4, -0.2) is 25.6 Å². The van der Waals surface area contributed by atoms with Crippen LogP contribution in [0.2, 0.25) is 0 Å². The number of azo groups is 1. The molecule has 0 saturated heterocycles. The first-order valence-corrected chi connectivity index (χ1v) is 6.93. The highest BCUT2D eigenvalue weighted by atomic mass is 16.4. The summed E-state index contributed by atoms with van der Waals surface area (Å²) < 4.78 is 1.68. The van der Waals surface area contributed by atoms with Crippen molar-refractivity contribution in [2.45, 2.75) is 13.3 Å². The fourth-order valence-corrected chi connectivity index (χ4v) is 2.20. The minimum Gasteiger partial charge on any atom is -0.506 e. The molecule has 23 heavy (non-hydrogen) atoms. The zero-order valence-corrected chi connectivity index (χ0v) is 12.3. The number of aromatic hydroxyl groups is 1. The van der Waals surface area contributed by atoms with Crippen LogP contribution >= 0.6 is 0 Å². The van der Waals surface area contributed by atoms with Gasteiger partial charge in [0.15, 0.2) is 5.82 Å². The average Bonchev–Trinajstić information content (AvgIpc) is 2.82. The minimum atomic E-state index is -0.996. The molecule has 0 aliphatic heterocycles. The number of carbonyl (C=O) groups is 1. The first kappa shape index (κ1) is 14.7. The molecule has 0 atom stereocenters. The number of phenols is 1. The number of fused-ring (bicyclic) bond motifs is 1. The number of hydrogen-bond acceptors (Lipinski definition) is 5. The number of pyridine rings is 1. The Morgan fingerprint density at radius 3 is 2.78 bits per heavy atom. The number of nitrogens with zero attached hydrogens (tertiary/aromatic N) is 4. The Hall–Kier alpha value is -3.22. The predicted octanol–water partition coefficient (Wildman–Crippen LogP) is 3.39. The van der Waals surface area contributed by atoms with E-state index in [9.17, 15) is 9.90 Å². The van der Waals surface area contributed by atoms with Crippen LogP contribution in [-0.2, 0) is 11.2 Å². The molecule has 0 amide bonds. The lowest BCUT2D eigenvalue weighted by molar-refractivity contribution is -0.136. The predicted molar refractivity (Wildman–Crippen MR) is 83.6 cm³/mol. The van der Waals surface area contributed by atoms with Crippen LogP contribution in [0, 0.1) is 6.92 Å². The Labute approximate surface area is 131 Å². The number of phenolic OH excluding ortho intramolecular Hbond substituents is 1. The molecular weight excluding hydrogens is 296 g/mol. The number of aryl methyl sites for hydroxylation is 1. The molecule has 0 fully saturated rings. The molecule has 2 heterocycles. The molecule has 116 valence electrons. The van der Waals surface area contributed by atoms with E-state index in [2.05, 4.69) is 15.2 Å². The van der Waals surface area contributed by atoms with Gasteiger partial charge >= 0.3 is 5.97 Å². The largest absolute Gasteiger partial charge is 0.506 e. The molecule has 3 rings (SSSR count). The van der Waals surface area contributed by atoms with E-state index in [0.717, 1.165) is 5.56 Å². The van der Waals surface area contributed by atoms with Crippen LogP contribution in [0.15, 0.2) is 52.8 Å². The number of aromatic nitrogens is 2. The van der Waals surface area contributed by atoms with Crippen molar-refractivity contribution in [1.82, 2.24) is 9.38 Å². The number of rotatable bonds is 4. The van der Waals surface area contributed by atoms with E-state index in [1.54, 1.807) is 28.8 Å². The summed E-state index contributed by atoms with van der Waals surface area (Å²) in [5.74, 6) is -0.657. The normalized spacial score (nSPS) is 11.3. The van der Waals surface area contributed by atoms with Gasteiger partial charge in [0, 0.05) is 6.20 Å². The Bertz CT molecular complexity index is 915.